The summed E-state index contributed by atoms with van der Waals surface area (Å²) in [5.41, 5.74) is 0.0668. The van der Waals surface area contributed by atoms with E-state index in [0.29, 0.717) is 18.4 Å². The molecule has 3 rings (SSSR count). The van der Waals surface area contributed by atoms with E-state index in [9.17, 15) is 17.6 Å². The van der Waals surface area contributed by atoms with Gasteiger partial charge in [-0.2, -0.15) is 0 Å². The fraction of sp³-hybridized carbons (Fsp3) is 0.417. The van der Waals surface area contributed by atoms with Crippen molar-refractivity contribution in [3.8, 4) is 0 Å². The minimum absolute atomic E-state index is 0.0879. The second-order valence-electron chi connectivity index (χ2n) is 4.81. The minimum Gasteiger partial charge on any atom is -0.303 e. The number of hydrogen-bond donors (Lipinski definition) is 1. The number of benzene rings is 1. The zero-order valence-corrected chi connectivity index (χ0v) is 10.9. The number of imidazole rings is 1. The van der Waals surface area contributed by atoms with Crippen molar-refractivity contribution >= 4 is 20.9 Å². The summed E-state index contributed by atoms with van der Waals surface area (Å²) >= 11 is 0. The molecule has 0 aliphatic carbocycles. The van der Waals surface area contributed by atoms with Crippen LogP contribution in [0.2, 0.25) is 0 Å². The van der Waals surface area contributed by atoms with E-state index in [1.165, 1.54) is 16.7 Å². The van der Waals surface area contributed by atoms with E-state index in [0.717, 1.165) is 0 Å². The third kappa shape index (κ3) is 1.98. The number of para-hydroxylation sites is 1. The van der Waals surface area contributed by atoms with Gasteiger partial charge in [0.25, 0.3) is 0 Å². The summed E-state index contributed by atoms with van der Waals surface area (Å²) in [6.45, 7) is 0.0879. The number of H-pyrrole nitrogens is 1. The van der Waals surface area contributed by atoms with E-state index in [2.05, 4.69) is 4.98 Å². The normalized spacial score (nSPS) is 22.1. The second kappa shape index (κ2) is 4.19. The lowest BCUT2D eigenvalue weighted by molar-refractivity contribution is 0.565. The summed E-state index contributed by atoms with van der Waals surface area (Å²) in [4.78, 5) is 14.3. The van der Waals surface area contributed by atoms with Crippen molar-refractivity contribution in [2.75, 3.05) is 5.75 Å². The highest BCUT2D eigenvalue weighted by atomic mass is 32.2. The number of aromatic amines is 1. The molecule has 2 heterocycles. The Labute approximate surface area is 109 Å². The predicted molar refractivity (Wildman–Crippen MR) is 69.3 cm³/mol. The molecule has 5 nitrogen and oxygen atoms in total. The standard InChI is InChI=1S/C12H13FN2O3S/c13-9-4-1-5-10-11(9)14-12(16)15(10)7-8-3-2-6-19(8,17)18/h1,4-5,8H,2-3,6-7H2,(H,14,16). The zero-order valence-electron chi connectivity index (χ0n) is 10.1. The molecule has 1 fully saturated rings. The molecule has 102 valence electrons. The summed E-state index contributed by atoms with van der Waals surface area (Å²) in [6, 6.07) is 4.37. The zero-order chi connectivity index (χ0) is 13.6. The average molecular weight is 284 g/mol. The van der Waals surface area contributed by atoms with Crippen molar-refractivity contribution in [3.63, 3.8) is 0 Å². The smallest absolute Gasteiger partial charge is 0.303 e. The molecule has 0 spiro atoms. The SMILES string of the molecule is O=c1[nH]c2c(F)cccc2n1CC1CCCS1(=O)=O. The molecule has 1 aliphatic heterocycles. The van der Waals surface area contributed by atoms with Gasteiger partial charge in [0.2, 0.25) is 0 Å². The highest BCUT2D eigenvalue weighted by Gasteiger charge is 2.32. The maximum absolute atomic E-state index is 13.5. The van der Waals surface area contributed by atoms with Gasteiger partial charge in [0.15, 0.2) is 9.84 Å². The maximum atomic E-state index is 13.5. The summed E-state index contributed by atoms with van der Waals surface area (Å²) < 4.78 is 38.5. The molecule has 1 aliphatic rings. The van der Waals surface area contributed by atoms with E-state index < -0.39 is 26.6 Å². The Balaban J connectivity index is 2.09. The van der Waals surface area contributed by atoms with Crippen LogP contribution in [-0.4, -0.2) is 29.0 Å². The number of rotatable bonds is 2. The molecule has 0 radical (unpaired) electrons. The van der Waals surface area contributed by atoms with Gasteiger partial charge >= 0.3 is 5.69 Å². The molecule has 1 unspecified atom stereocenters. The van der Waals surface area contributed by atoms with Gasteiger partial charge in [-0.3, -0.25) is 4.57 Å². The van der Waals surface area contributed by atoms with E-state index in [4.69, 9.17) is 0 Å². The minimum atomic E-state index is -3.13. The van der Waals surface area contributed by atoms with Crippen LogP contribution in [0.1, 0.15) is 12.8 Å². The molecular formula is C12H13FN2O3S. The van der Waals surface area contributed by atoms with Crippen LogP contribution in [-0.2, 0) is 16.4 Å². The summed E-state index contributed by atoms with van der Waals surface area (Å²) in [5, 5.41) is -0.549. The van der Waals surface area contributed by atoms with Crippen molar-refractivity contribution in [2.45, 2.75) is 24.6 Å². The highest BCUT2D eigenvalue weighted by Crippen LogP contribution is 2.23. The van der Waals surface area contributed by atoms with Gasteiger partial charge in [-0.25, -0.2) is 17.6 Å². The first-order valence-electron chi connectivity index (χ1n) is 6.07. The number of nitrogens with zero attached hydrogens (tertiary/aromatic N) is 1. The molecule has 19 heavy (non-hydrogen) atoms. The Kier molecular flexibility index (Phi) is 2.74. The number of fused-ring (bicyclic) bond motifs is 1. The summed E-state index contributed by atoms with van der Waals surface area (Å²) in [6.07, 6.45) is 1.18. The first kappa shape index (κ1) is 12.4. The van der Waals surface area contributed by atoms with Gasteiger partial charge in [-0.15, -0.1) is 0 Å². The van der Waals surface area contributed by atoms with E-state index in [-0.39, 0.29) is 17.8 Å². The molecule has 1 aromatic heterocycles. The summed E-state index contributed by atoms with van der Waals surface area (Å²) in [5.74, 6) is -0.342. The van der Waals surface area contributed by atoms with Crippen LogP contribution in [0, 0.1) is 5.82 Å². The van der Waals surface area contributed by atoms with Gasteiger partial charge in [0.1, 0.15) is 11.3 Å². The largest absolute Gasteiger partial charge is 0.326 e. The fourth-order valence-electron chi connectivity index (χ4n) is 2.59. The lowest BCUT2D eigenvalue weighted by atomic mass is 10.2. The molecule has 1 saturated heterocycles. The van der Waals surface area contributed by atoms with Crippen LogP contribution < -0.4 is 5.69 Å². The molecule has 1 aromatic carbocycles. The Morgan fingerprint density at radius 2 is 2.21 bits per heavy atom. The monoisotopic (exact) mass is 284 g/mol. The second-order valence-corrected chi connectivity index (χ2v) is 7.21. The number of aromatic nitrogens is 2. The highest BCUT2D eigenvalue weighted by molar-refractivity contribution is 7.92. The predicted octanol–water partition coefficient (Wildman–Crippen LogP) is 1.05. The molecule has 0 saturated carbocycles. The van der Waals surface area contributed by atoms with Gasteiger partial charge in [-0.1, -0.05) is 6.07 Å². The van der Waals surface area contributed by atoms with Crippen LogP contribution in [0.4, 0.5) is 4.39 Å². The Bertz CT molecular complexity index is 791. The fourth-order valence-corrected chi connectivity index (χ4v) is 4.40. The van der Waals surface area contributed by atoms with Crippen LogP contribution in [0.3, 0.4) is 0 Å². The van der Waals surface area contributed by atoms with Gasteiger partial charge < -0.3 is 4.98 Å². The lowest BCUT2D eigenvalue weighted by Crippen LogP contribution is -2.27. The van der Waals surface area contributed by atoms with Crippen molar-refractivity contribution in [1.29, 1.82) is 0 Å². The molecule has 0 amide bonds. The topological polar surface area (TPSA) is 71.9 Å². The Hall–Kier alpha value is -1.63. The van der Waals surface area contributed by atoms with Crippen LogP contribution in [0.25, 0.3) is 11.0 Å². The van der Waals surface area contributed by atoms with Crippen LogP contribution in [0.5, 0.6) is 0 Å². The van der Waals surface area contributed by atoms with Crippen molar-refractivity contribution in [2.24, 2.45) is 0 Å². The van der Waals surface area contributed by atoms with Gasteiger partial charge in [0, 0.05) is 6.54 Å². The third-order valence-electron chi connectivity index (χ3n) is 3.61. The quantitative estimate of drug-likeness (QED) is 0.896. The number of sulfone groups is 1. The summed E-state index contributed by atoms with van der Waals surface area (Å²) in [7, 11) is -3.13. The van der Waals surface area contributed by atoms with Crippen molar-refractivity contribution in [3.05, 3.63) is 34.5 Å². The van der Waals surface area contributed by atoms with Crippen molar-refractivity contribution in [1.82, 2.24) is 9.55 Å². The van der Waals surface area contributed by atoms with Crippen LogP contribution >= 0.6 is 0 Å². The molecule has 1 N–H and O–H groups in total. The molecule has 2 aromatic rings. The van der Waals surface area contributed by atoms with Crippen molar-refractivity contribution < 1.29 is 12.8 Å². The average Bonchev–Trinajstić information content (AvgIpc) is 2.83. The molecule has 0 bridgehead atoms. The lowest BCUT2D eigenvalue weighted by Gasteiger charge is -2.10. The first-order valence-corrected chi connectivity index (χ1v) is 7.79. The van der Waals surface area contributed by atoms with Gasteiger partial charge in [-0.05, 0) is 25.0 Å². The third-order valence-corrected chi connectivity index (χ3v) is 5.87. The Morgan fingerprint density at radius 1 is 1.42 bits per heavy atom. The molecule has 1 atom stereocenters. The van der Waals surface area contributed by atoms with E-state index in [1.807, 2.05) is 0 Å². The number of hydrogen-bond acceptors (Lipinski definition) is 3. The molecular weight excluding hydrogens is 271 g/mol. The number of halogens is 1. The van der Waals surface area contributed by atoms with Gasteiger partial charge in [0.05, 0.1) is 16.5 Å². The Morgan fingerprint density at radius 3 is 2.89 bits per heavy atom. The first-order chi connectivity index (χ1) is 8.99. The maximum Gasteiger partial charge on any atom is 0.326 e. The number of nitrogens with one attached hydrogen (secondary N) is 1. The van der Waals surface area contributed by atoms with Crippen LogP contribution in [0.15, 0.2) is 23.0 Å². The van der Waals surface area contributed by atoms with E-state index in [1.54, 1.807) is 6.07 Å². The van der Waals surface area contributed by atoms with E-state index >= 15 is 0 Å². The molecule has 7 heteroatoms.